The molecule has 0 aliphatic carbocycles. The number of ether oxygens (including phenoxy) is 2. The topological polar surface area (TPSA) is 54.0 Å². The van der Waals surface area contributed by atoms with E-state index in [1.54, 1.807) is 0 Å². The minimum atomic E-state index is -0.0466. The van der Waals surface area contributed by atoms with Crippen LogP contribution in [0.3, 0.4) is 0 Å². The molecule has 0 aromatic heterocycles. The third-order valence-electron chi connectivity index (χ3n) is 6.77. The molecule has 1 saturated heterocycles. The highest BCUT2D eigenvalue weighted by Gasteiger charge is 2.21. The predicted octanol–water partition coefficient (Wildman–Crippen LogP) is 5.33. The van der Waals surface area contributed by atoms with E-state index in [4.69, 9.17) is 9.47 Å². The number of halogens is 1. The van der Waals surface area contributed by atoms with Crippen LogP contribution in [0.2, 0.25) is 0 Å². The van der Waals surface area contributed by atoms with Crippen molar-refractivity contribution >= 4 is 39.3 Å². The van der Waals surface area contributed by atoms with Crippen LogP contribution in [0, 0.1) is 0 Å². The van der Waals surface area contributed by atoms with Gasteiger partial charge >= 0.3 is 0 Å². The van der Waals surface area contributed by atoms with Crippen molar-refractivity contribution < 1.29 is 14.3 Å². The number of nitrogens with zero attached hydrogens (tertiary/aromatic N) is 2. The number of carbonyl (C=O) groups excluding carboxylic acids is 1. The summed E-state index contributed by atoms with van der Waals surface area (Å²) in [4.78, 5) is 17.9. The van der Waals surface area contributed by atoms with Gasteiger partial charge in [0.1, 0.15) is 0 Å². The van der Waals surface area contributed by atoms with Gasteiger partial charge in [0.25, 0.3) is 5.91 Å². The van der Waals surface area contributed by atoms with E-state index in [-0.39, 0.29) is 5.91 Å². The largest absolute Gasteiger partial charge is 0.381 e. The number of hydrogen-bond acceptors (Lipinski definition) is 5. The van der Waals surface area contributed by atoms with Gasteiger partial charge in [0, 0.05) is 66.9 Å². The molecule has 2 aliphatic rings. The number of fused-ring (bicyclic) bond motifs is 1. The van der Waals surface area contributed by atoms with Crippen LogP contribution in [-0.2, 0) is 20.8 Å². The summed E-state index contributed by atoms with van der Waals surface area (Å²) in [6.07, 6.45) is 4.87. The van der Waals surface area contributed by atoms with Gasteiger partial charge in [-0.05, 0) is 80.8 Å². The summed E-state index contributed by atoms with van der Waals surface area (Å²) in [5.74, 6) is -0.0466. The average molecular weight is 543 g/mol. The fraction of sp³-hybridized carbons (Fsp3) is 0.464. The zero-order valence-corrected chi connectivity index (χ0v) is 22.4. The molecule has 35 heavy (non-hydrogen) atoms. The standard InChI is InChI=1S/C28H36BrN3O3/c1-3-34-17-14-32-13-10-22(18-23-19-24(29)6-9-27(23)32)28(33)30-25-7-4-21(5-8-25)20-31(2)26-11-15-35-16-12-26/h4-9,18-19,26H,3,10-17,20H2,1-2H3,(H,30,33). The monoisotopic (exact) mass is 541 g/mol. The summed E-state index contributed by atoms with van der Waals surface area (Å²) in [7, 11) is 2.18. The van der Waals surface area contributed by atoms with Crippen LogP contribution in [-0.4, -0.2) is 63.4 Å². The first-order valence-electron chi connectivity index (χ1n) is 12.5. The van der Waals surface area contributed by atoms with E-state index >= 15 is 0 Å². The Morgan fingerprint density at radius 1 is 1.20 bits per heavy atom. The van der Waals surface area contributed by atoms with Crippen molar-refractivity contribution in [3.63, 3.8) is 0 Å². The number of amides is 1. The van der Waals surface area contributed by atoms with Crippen LogP contribution in [0.5, 0.6) is 0 Å². The maximum absolute atomic E-state index is 13.2. The molecule has 1 amide bonds. The number of rotatable bonds is 9. The van der Waals surface area contributed by atoms with E-state index in [1.807, 2.05) is 31.2 Å². The highest BCUT2D eigenvalue weighted by molar-refractivity contribution is 9.10. The van der Waals surface area contributed by atoms with E-state index in [0.29, 0.717) is 25.7 Å². The minimum absolute atomic E-state index is 0.0466. The molecule has 2 heterocycles. The number of hydrogen-bond donors (Lipinski definition) is 1. The maximum Gasteiger partial charge on any atom is 0.251 e. The fourth-order valence-corrected chi connectivity index (χ4v) is 5.12. The maximum atomic E-state index is 13.2. The summed E-state index contributed by atoms with van der Waals surface area (Å²) in [6.45, 7) is 7.55. The molecule has 188 valence electrons. The van der Waals surface area contributed by atoms with Crippen LogP contribution in [0.25, 0.3) is 6.08 Å². The molecular weight excluding hydrogens is 506 g/mol. The highest BCUT2D eigenvalue weighted by atomic mass is 79.9. The number of anilines is 2. The Morgan fingerprint density at radius 3 is 2.71 bits per heavy atom. The molecule has 1 fully saturated rings. The quantitative estimate of drug-likeness (QED) is 0.435. The van der Waals surface area contributed by atoms with Gasteiger partial charge in [0.2, 0.25) is 0 Å². The van der Waals surface area contributed by atoms with Crippen molar-refractivity contribution in [1.29, 1.82) is 0 Å². The first kappa shape index (κ1) is 25.9. The molecule has 0 unspecified atom stereocenters. The Bertz CT molecular complexity index is 1020. The molecule has 0 atom stereocenters. The summed E-state index contributed by atoms with van der Waals surface area (Å²) < 4.78 is 12.1. The van der Waals surface area contributed by atoms with Crippen LogP contribution >= 0.6 is 15.9 Å². The molecule has 6 nitrogen and oxygen atoms in total. The van der Waals surface area contributed by atoms with Gasteiger partial charge < -0.3 is 19.7 Å². The molecule has 7 heteroatoms. The lowest BCUT2D eigenvalue weighted by Gasteiger charge is -2.31. The third kappa shape index (κ3) is 7.17. The van der Waals surface area contributed by atoms with Gasteiger partial charge in [-0.25, -0.2) is 0 Å². The highest BCUT2D eigenvalue weighted by Crippen LogP contribution is 2.31. The van der Waals surface area contributed by atoms with Crippen molar-refractivity contribution in [2.24, 2.45) is 0 Å². The molecule has 2 aromatic carbocycles. The molecule has 1 N–H and O–H groups in total. The van der Waals surface area contributed by atoms with Gasteiger partial charge in [-0.1, -0.05) is 28.1 Å². The predicted molar refractivity (Wildman–Crippen MR) is 146 cm³/mol. The molecule has 0 spiro atoms. The zero-order valence-electron chi connectivity index (χ0n) is 20.8. The Kier molecular flexibility index (Phi) is 9.38. The molecule has 0 saturated carbocycles. The molecular formula is C28H36BrN3O3. The Balaban J connectivity index is 1.40. The van der Waals surface area contributed by atoms with Crippen molar-refractivity contribution in [3.8, 4) is 0 Å². The van der Waals surface area contributed by atoms with E-state index in [1.165, 1.54) is 5.56 Å². The lowest BCUT2D eigenvalue weighted by molar-refractivity contribution is -0.112. The van der Waals surface area contributed by atoms with Crippen LogP contribution < -0.4 is 10.2 Å². The van der Waals surface area contributed by atoms with Gasteiger partial charge in [0.05, 0.1) is 6.61 Å². The van der Waals surface area contributed by atoms with E-state index < -0.39 is 0 Å². The second-order valence-corrected chi connectivity index (χ2v) is 10.1. The Labute approximate surface area is 217 Å². The SMILES string of the molecule is CCOCCN1CCC(C(=O)Nc2ccc(CN(C)C3CCOCC3)cc2)=Cc2cc(Br)ccc21. The van der Waals surface area contributed by atoms with Crippen LogP contribution in [0.15, 0.2) is 52.5 Å². The smallest absolute Gasteiger partial charge is 0.251 e. The Hall–Kier alpha value is -2.19. The Morgan fingerprint density at radius 2 is 1.97 bits per heavy atom. The third-order valence-corrected chi connectivity index (χ3v) is 7.26. The van der Waals surface area contributed by atoms with Crippen molar-refractivity contribution in [1.82, 2.24) is 4.90 Å². The minimum Gasteiger partial charge on any atom is -0.381 e. The van der Waals surface area contributed by atoms with Crippen molar-refractivity contribution in [2.75, 3.05) is 56.8 Å². The van der Waals surface area contributed by atoms with Crippen molar-refractivity contribution in [2.45, 2.75) is 38.8 Å². The molecule has 0 bridgehead atoms. The van der Waals surface area contributed by atoms with E-state index in [2.05, 4.69) is 62.4 Å². The number of benzene rings is 2. The summed E-state index contributed by atoms with van der Waals surface area (Å²) in [5, 5.41) is 3.10. The average Bonchev–Trinajstić information content (AvgIpc) is 3.05. The lowest BCUT2D eigenvalue weighted by Crippen LogP contribution is -2.36. The molecule has 0 radical (unpaired) electrons. The van der Waals surface area contributed by atoms with Gasteiger partial charge in [0.15, 0.2) is 0 Å². The summed E-state index contributed by atoms with van der Waals surface area (Å²) in [5.41, 5.74) is 5.03. The fourth-order valence-electron chi connectivity index (χ4n) is 4.74. The second-order valence-electron chi connectivity index (χ2n) is 9.22. The summed E-state index contributed by atoms with van der Waals surface area (Å²) in [6, 6.07) is 15.0. The molecule has 2 aliphatic heterocycles. The molecule has 2 aromatic rings. The number of carbonyl (C=O) groups is 1. The van der Waals surface area contributed by atoms with Crippen LogP contribution in [0.4, 0.5) is 11.4 Å². The first-order chi connectivity index (χ1) is 17.0. The van der Waals surface area contributed by atoms with Gasteiger partial charge in [-0.15, -0.1) is 0 Å². The van der Waals surface area contributed by atoms with Gasteiger partial charge in [-0.2, -0.15) is 0 Å². The number of nitrogens with one attached hydrogen (secondary N) is 1. The van der Waals surface area contributed by atoms with E-state index in [9.17, 15) is 4.79 Å². The lowest BCUT2D eigenvalue weighted by atomic mass is 10.1. The second kappa shape index (κ2) is 12.7. The van der Waals surface area contributed by atoms with Crippen LogP contribution in [0.1, 0.15) is 37.3 Å². The summed E-state index contributed by atoms with van der Waals surface area (Å²) >= 11 is 3.58. The van der Waals surface area contributed by atoms with Gasteiger partial charge in [-0.3, -0.25) is 9.69 Å². The first-order valence-corrected chi connectivity index (χ1v) is 13.3. The van der Waals surface area contributed by atoms with Crippen molar-refractivity contribution in [3.05, 3.63) is 63.6 Å². The zero-order chi connectivity index (χ0) is 24.6. The molecule has 4 rings (SSSR count). The normalized spacial score (nSPS) is 16.6. The van der Waals surface area contributed by atoms with E-state index in [0.717, 1.165) is 72.7 Å².